The van der Waals surface area contributed by atoms with E-state index in [2.05, 4.69) is 62.1 Å². The average molecular weight is 2010 g/mol. The fourth-order valence-electron chi connectivity index (χ4n) is 15.2. The first kappa shape index (κ1) is 122. The quantitative estimate of drug-likeness (QED) is 0.0298. The number of carbonyl (C=O) groups is 11. The predicted octanol–water partition coefficient (Wildman–Crippen LogP) is 21.2. The normalized spacial score (nSPS) is 21.6. The number of carboxylic acid groups (broad SMARTS) is 2. The third-order valence-electron chi connectivity index (χ3n) is 25.0. The molecule has 2 N–H and O–H groups in total. The average Bonchev–Trinajstić information content (AvgIpc) is 1.58. The molecule has 40 heteroatoms. The summed E-state index contributed by atoms with van der Waals surface area (Å²) in [5.41, 5.74) is -4.28. The summed E-state index contributed by atoms with van der Waals surface area (Å²) in [5, 5.41) is 17.4. The van der Waals surface area contributed by atoms with Gasteiger partial charge in [0, 0.05) is 43.3 Å². The van der Waals surface area contributed by atoms with Gasteiger partial charge in [0.05, 0.1) is 77.7 Å². The zero-order valence-corrected chi connectivity index (χ0v) is 87.1. The number of alkyl halides is 3. The van der Waals surface area contributed by atoms with Gasteiger partial charge in [-0.2, -0.15) is 26.6 Å². The van der Waals surface area contributed by atoms with E-state index < -0.39 is 88.2 Å². The lowest BCUT2D eigenvalue weighted by molar-refractivity contribution is -0.162. The van der Waals surface area contributed by atoms with Gasteiger partial charge in [-0.05, 0) is 303 Å². The summed E-state index contributed by atoms with van der Waals surface area (Å²) in [4.78, 5) is 136. The van der Waals surface area contributed by atoms with Crippen molar-refractivity contribution in [2.24, 2.45) is 52.3 Å². The van der Waals surface area contributed by atoms with Crippen LogP contribution in [-0.2, 0) is 104 Å². The molecule has 139 heavy (non-hydrogen) atoms. The molecule has 2 aliphatic heterocycles. The van der Waals surface area contributed by atoms with E-state index in [9.17, 15) is 74.3 Å². The van der Waals surface area contributed by atoms with E-state index in [1.54, 1.807) is 47.1 Å². The SMILES string of the molecule is C.CC(C)(C)OC(=O)C1CC=C(C2CC(C)(C)C(C)(C)C2)CC1.CC(C)(C)OC(=O)C1CC=C(OS(=O)(=O)C(F)(F)F)CC1.CC(C)(C)OC(=O)C1CCC(=O)CC1.CC1(C)OB(B2OC(C)(C)C(C)(C)O2)OC1(C)C.CCOC(=O)c1coc(C2=CCC(C(=O)O)CC2)n1.CCOC(=O)c1coc(C2=CCC(C(=O)OC(C)(C)C)CC2)n1.CCOC(=O)c1coc(Cl)n1.O=C1CCC(C(=O)O)CC1. The molecule has 0 amide bonds. The Hall–Kier alpha value is -9.04. The van der Waals surface area contributed by atoms with Crippen molar-refractivity contribution in [3.8, 4) is 0 Å². The number of nitrogens with zero attached hydrogens (tertiary/aromatic N) is 3. The van der Waals surface area contributed by atoms with Gasteiger partial charge < -0.3 is 79.4 Å². The summed E-state index contributed by atoms with van der Waals surface area (Å²) < 4.78 is 137. The Bertz CT molecular complexity index is 4810. The molecule has 5 fully saturated rings. The molecule has 12 rings (SSSR count). The molecule has 3 saturated carbocycles. The maximum atomic E-state index is 12.2. The highest BCUT2D eigenvalue weighted by Crippen LogP contribution is 2.57. The summed E-state index contributed by atoms with van der Waals surface area (Å²) in [5.74, 6) is -3.47. The Morgan fingerprint density at radius 3 is 1.00 bits per heavy atom. The minimum Gasteiger partial charge on any atom is -0.481 e. The van der Waals surface area contributed by atoms with E-state index in [1.165, 1.54) is 31.4 Å². The molecule has 0 radical (unpaired) electrons. The molecule has 5 heterocycles. The van der Waals surface area contributed by atoms with Crippen LogP contribution < -0.4 is 0 Å². The van der Waals surface area contributed by atoms with Crippen LogP contribution in [0.25, 0.3) is 11.1 Å². The highest BCUT2D eigenvalue weighted by Gasteiger charge is 2.64. The highest BCUT2D eigenvalue weighted by atomic mass is 35.5. The van der Waals surface area contributed by atoms with Gasteiger partial charge in [-0.25, -0.2) is 24.4 Å². The number of halogens is 4. The molecule has 7 aliphatic carbocycles. The van der Waals surface area contributed by atoms with Gasteiger partial charge in [-0.15, -0.1) is 0 Å². The van der Waals surface area contributed by atoms with Crippen molar-refractivity contribution < 1.29 is 154 Å². The van der Waals surface area contributed by atoms with Crippen LogP contribution in [0.2, 0.25) is 5.35 Å². The van der Waals surface area contributed by atoms with Gasteiger partial charge in [0.15, 0.2) is 17.1 Å². The van der Waals surface area contributed by atoms with E-state index in [0.29, 0.717) is 132 Å². The first-order valence-electron chi connectivity index (χ1n) is 47.3. The summed E-state index contributed by atoms with van der Waals surface area (Å²) in [6.45, 7) is 54.0. The lowest BCUT2D eigenvalue weighted by Crippen LogP contribution is -2.41. The van der Waals surface area contributed by atoms with Crippen LogP contribution in [0.4, 0.5) is 13.2 Å². The van der Waals surface area contributed by atoms with Gasteiger partial charge in [0.1, 0.15) is 58.5 Å². The van der Waals surface area contributed by atoms with Crippen LogP contribution in [-0.4, -0.2) is 183 Å². The fraction of sp³-hybridized carbons (Fsp3) is 0.717. The monoisotopic (exact) mass is 2010 g/mol. The Labute approximate surface area is 823 Å². The fourth-order valence-corrected chi connectivity index (χ4v) is 15.9. The number of aromatic nitrogens is 3. The van der Waals surface area contributed by atoms with Crippen LogP contribution in [0.5, 0.6) is 0 Å². The number of esters is 7. The minimum atomic E-state index is -5.65. The summed E-state index contributed by atoms with van der Waals surface area (Å²) in [7, 11) is -6.60. The number of Topliss-reactive ketones (excluding diaryl/α,β-unsaturated/α-hetero) is 2. The molecule has 4 atom stereocenters. The predicted molar refractivity (Wildman–Crippen MR) is 512 cm³/mol. The number of allylic oxidation sites excluding steroid dienone is 8. The maximum Gasteiger partial charge on any atom is 0.534 e. The highest BCUT2D eigenvalue weighted by molar-refractivity contribution is 7.87. The van der Waals surface area contributed by atoms with Crippen molar-refractivity contribution in [1.29, 1.82) is 0 Å². The summed E-state index contributed by atoms with van der Waals surface area (Å²) in [6, 6.07) is 0. The van der Waals surface area contributed by atoms with E-state index in [0.717, 1.165) is 36.7 Å². The lowest BCUT2D eigenvalue weighted by Gasteiger charge is -2.34. The number of ether oxygens (including phenoxy) is 7. The van der Waals surface area contributed by atoms with E-state index in [4.69, 9.17) is 77.7 Å². The zero-order chi connectivity index (χ0) is 105. The second-order valence-electron chi connectivity index (χ2n) is 42.6. The van der Waals surface area contributed by atoms with Gasteiger partial charge in [0.2, 0.25) is 11.8 Å². The number of rotatable bonds is 18. The standard InChI is InChI=1S/C20H34O2.C17H23NO5.C13H15NO5.C12H24B2O4.C12H17F3O5S.C11H18O3.C7H10O3.C6H6ClNO3.CH4/c1-18(2,3)22-17(21)15-10-8-14(9-11-15)16-12-19(4,5)20(6,7)13-16;1-5-21-16(20)13-10-22-14(18-13)11-6-8-12(9-7-11)15(19)23-17(2,3)4;1-2-18-13(17)10-7-19-11(14-10)8-3-5-9(6-4-8)12(15)16;1-9(2)10(3,4)16-13(15-9)14-17-11(5,6)12(7,8)18-14;1-11(2,3)19-10(16)8-4-6-9(7-5-8)20-21(17,18)12(13,14)15;1-11(2,3)14-10(13)8-4-6-9(12)7-5-8;8-6-3-1-5(2-4-6)7(9)10;1-2-10-5(9)4-3-11-6(7)8-4;/h8,15-16H,9-13H2,1-7H3;6,10,12H,5,7-9H2,1-4H3;3,7,9H,2,4-6H2,1H3,(H,15,16);1-8H3;6,8H,4-5,7H2,1-3H3;8H,4-7H2,1-3H3;5H,1-4H2,(H,9,10);3H,2H2,1H3;1H4. The molecule has 9 aliphatic rings. The van der Waals surface area contributed by atoms with E-state index in [-0.39, 0.29) is 149 Å². The molecule has 0 bridgehead atoms. The number of hydrogen-bond acceptors (Lipinski definition) is 31. The molecule has 4 unspecified atom stereocenters. The molecular formula is C99H151B2ClF3N3O30S. The molecule has 0 aromatic carbocycles. The Kier molecular flexibility index (Phi) is 45.1. The zero-order valence-electron chi connectivity index (χ0n) is 85.5. The molecular weight excluding hydrogens is 1860 g/mol. The van der Waals surface area contributed by atoms with Crippen molar-refractivity contribution in [3.63, 3.8) is 0 Å². The topological polar surface area (TPSA) is 451 Å². The Balaban J connectivity index is 0.000000335. The van der Waals surface area contributed by atoms with Crippen LogP contribution in [0.1, 0.15) is 379 Å². The number of oxazole rings is 3. The first-order valence-corrected chi connectivity index (χ1v) is 49.1. The van der Waals surface area contributed by atoms with Gasteiger partial charge in [0.25, 0.3) is 5.35 Å². The number of hydrogen-bond donors (Lipinski definition) is 2. The second kappa shape index (κ2) is 51.3. The van der Waals surface area contributed by atoms with Crippen LogP contribution >= 0.6 is 11.6 Å². The summed E-state index contributed by atoms with van der Waals surface area (Å²) in [6.07, 6.45) is 24.5. The van der Waals surface area contributed by atoms with Gasteiger partial charge >= 0.3 is 83.4 Å². The molecule has 782 valence electrons. The van der Waals surface area contributed by atoms with Crippen molar-refractivity contribution in [2.75, 3.05) is 19.8 Å². The Morgan fingerprint density at radius 1 is 0.424 bits per heavy atom. The smallest absolute Gasteiger partial charge is 0.481 e. The van der Waals surface area contributed by atoms with Crippen molar-refractivity contribution in [3.05, 3.63) is 88.6 Å². The van der Waals surface area contributed by atoms with Crippen molar-refractivity contribution in [1.82, 2.24) is 15.0 Å². The van der Waals surface area contributed by atoms with E-state index >= 15 is 0 Å². The van der Waals surface area contributed by atoms with E-state index in [1.807, 2.05) is 130 Å². The Morgan fingerprint density at radius 2 is 0.719 bits per heavy atom. The van der Waals surface area contributed by atoms with Crippen molar-refractivity contribution >= 4 is 112 Å². The first-order chi connectivity index (χ1) is 63.3. The van der Waals surface area contributed by atoms with Crippen molar-refractivity contribution in [2.45, 2.75) is 386 Å². The molecule has 0 spiro atoms. The molecule has 2 saturated heterocycles. The molecule has 3 aromatic rings. The minimum absolute atomic E-state index is 0. The largest absolute Gasteiger partial charge is 0.534 e. The van der Waals surface area contributed by atoms with Gasteiger partial charge in [-0.3, -0.25) is 38.4 Å². The maximum absolute atomic E-state index is 12.2. The molecule has 33 nitrogen and oxygen atoms in total. The molecule has 3 aromatic heterocycles. The third-order valence-corrected chi connectivity index (χ3v) is 26.2. The number of carboxylic acids is 2. The number of ketones is 2. The number of aliphatic carboxylic acids is 2. The summed E-state index contributed by atoms with van der Waals surface area (Å²) >= 11 is 5.32. The van der Waals surface area contributed by atoms with Crippen LogP contribution in [0.3, 0.4) is 0 Å². The van der Waals surface area contributed by atoms with Crippen LogP contribution in [0.15, 0.2) is 67.7 Å². The van der Waals surface area contributed by atoms with Crippen LogP contribution in [0, 0.1) is 52.3 Å². The third kappa shape index (κ3) is 39.3. The van der Waals surface area contributed by atoms with Gasteiger partial charge in [-0.1, -0.05) is 58.9 Å². The number of carbonyl (C=O) groups excluding carboxylic acids is 9. The lowest BCUT2D eigenvalue weighted by atomic mass is 9.49. The second-order valence-corrected chi connectivity index (χ2v) is 44.4.